The first kappa shape index (κ1) is 13.3. The van der Waals surface area contributed by atoms with Crippen LogP contribution in [0, 0.1) is 28.9 Å². The van der Waals surface area contributed by atoms with Crippen molar-refractivity contribution in [3.8, 4) is 0 Å². The zero-order chi connectivity index (χ0) is 14.2. The van der Waals surface area contributed by atoms with Crippen LogP contribution in [-0.4, -0.2) is 34.1 Å². The van der Waals surface area contributed by atoms with Crippen LogP contribution in [0.1, 0.15) is 12.5 Å². The van der Waals surface area contributed by atoms with E-state index in [1.165, 1.54) is 6.20 Å². The van der Waals surface area contributed by atoms with Gasteiger partial charge in [-0.1, -0.05) is 6.92 Å². The molecule has 0 saturated carbocycles. The van der Waals surface area contributed by atoms with E-state index in [4.69, 9.17) is 5.11 Å². The van der Waals surface area contributed by atoms with Crippen LogP contribution >= 0.6 is 0 Å². The van der Waals surface area contributed by atoms with E-state index in [9.17, 15) is 14.9 Å². The Morgan fingerprint density at radius 3 is 2.79 bits per heavy atom. The highest BCUT2D eigenvalue weighted by molar-refractivity contribution is 5.71. The minimum absolute atomic E-state index is 0.00364. The Kier molecular flexibility index (Phi) is 3.37. The fraction of sp³-hybridized carbons (Fsp3) is 0.500. The van der Waals surface area contributed by atoms with Gasteiger partial charge in [0.05, 0.1) is 10.8 Å². The number of nitro groups is 1. The van der Waals surface area contributed by atoms with Gasteiger partial charge in [-0.15, -0.1) is 0 Å². The van der Waals surface area contributed by atoms with Gasteiger partial charge in [0.1, 0.15) is 0 Å². The van der Waals surface area contributed by atoms with Gasteiger partial charge in [-0.05, 0) is 13.0 Å². The molecule has 0 bridgehead atoms. The number of aromatic nitrogens is 1. The molecule has 7 nitrogen and oxygen atoms in total. The number of hydrogen-bond donors (Lipinski definition) is 1. The average Bonchev–Trinajstić information content (AvgIpc) is 2.26. The number of hydrogen-bond acceptors (Lipinski definition) is 5. The highest BCUT2D eigenvalue weighted by atomic mass is 16.6. The molecule has 1 saturated heterocycles. The summed E-state index contributed by atoms with van der Waals surface area (Å²) in [5.41, 5.74) is 0.564. The number of carboxylic acid groups (broad SMARTS) is 1. The lowest BCUT2D eigenvalue weighted by Crippen LogP contribution is -2.51. The SMILES string of the molecule is Cc1ccnc(N2CC(C(C)C(=O)O)C2)c1[N+](=O)[O-]. The Morgan fingerprint density at radius 1 is 1.63 bits per heavy atom. The normalized spacial score (nSPS) is 16.8. The molecule has 19 heavy (non-hydrogen) atoms. The van der Waals surface area contributed by atoms with Crippen LogP contribution in [0.3, 0.4) is 0 Å². The molecule has 102 valence electrons. The maximum atomic E-state index is 11.1. The van der Waals surface area contributed by atoms with Crippen molar-refractivity contribution in [1.82, 2.24) is 4.98 Å². The van der Waals surface area contributed by atoms with Crippen LogP contribution in [0.15, 0.2) is 12.3 Å². The third-order valence-corrected chi connectivity index (χ3v) is 3.60. The number of aryl methyl sites for hydroxylation is 1. The van der Waals surface area contributed by atoms with Crippen molar-refractivity contribution in [2.75, 3.05) is 18.0 Å². The number of anilines is 1. The fourth-order valence-electron chi connectivity index (χ4n) is 2.20. The number of pyridine rings is 1. The molecule has 1 aromatic rings. The molecule has 1 aliphatic rings. The molecular formula is C12H15N3O4. The number of carbonyl (C=O) groups is 1. The zero-order valence-corrected chi connectivity index (χ0v) is 10.7. The van der Waals surface area contributed by atoms with E-state index >= 15 is 0 Å². The molecule has 2 heterocycles. The van der Waals surface area contributed by atoms with Gasteiger partial charge in [0.15, 0.2) is 0 Å². The van der Waals surface area contributed by atoms with Crippen molar-refractivity contribution in [2.24, 2.45) is 11.8 Å². The molecule has 1 unspecified atom stereocenters. The van der Waals surface area contributed by atoms with E-state index in [-0.39, 0.29) is 11.6 Å². The van der Waals surface area contributed by atoms with Crippen LogP contribution in [-0.2, 0) is 4.79 Å². The minimum atomic E-state index is -0.837. The summed E-state index contributed by atoms with van der Waals surface area (Å²) in [4.78, 5) is 27.3. The van der Waals surface area contributed by atoms with Crippen molar-refractivity contribution in [1.29, 1.82) is 0 Å². The predicted octanol–water partition coefficient (Wildman–Crippen LogP) is 1.46. The number of carboxylic acids is 1. The van der Waals surface area contributed by atoms with Crippen molar-refractivity contribution in [3.05, 3.63) is 27.9 Å². The summed E-state index contributed by atoms with van der Waals surface area (Å²) in [6, 6.07) is 1.60. The van der Waals surface area contributed by atoms with Gasteiger partial charge in [0.2, 0.25) is 5.82 Å². The minimum Gasteiger partial charge on any atom is -0.481 e. The molecule has 0 aromatic carbocycles. The molecule has 0 spiro atoms. The monoisotopic (exact) mass is 265 g/mol. The quantitative estimate of drug-likeness (QED) is 0.653. The second kappa shape index (κ2) is 4.83. The lowest BCUT2D eigenvalue weighted by molar-refractivity contribution is -0.385. The van der Waals surface area contributed by atoms with Gasteiger partial charge in [-0.25, -0.2) is 4.98 Å². The lowest BCUT2D eigenvalue weighted by atomic mass is 9.87. The van der Waals surface area contributed by atoms with E-state index in [2.05, 4.69) is 4.98 Å². The topological polar surface area (TPSA) is 96.6 Å². The summed E-state index contributed by atoms with van der Waals surface area (Å²) >= 11 is 0. The van der Waals surface area contributed by atoms with Crippen LogP contribution in [0.4, 0.5) is 11.5 Å². The van der Waals surface area contributed by atoms with Gasteiger partial charge >= 0.3 is 11.7 Å². The molecule has 2 rings (SSSR count). The van der Waals surface area contributed by atoms with Crippen molar-refractivity contribution in [3.63, 3.8) is 0 Å². The van der Waals surface area contributed by atoms with Gasteiger partial charge in [0, 0.05) is 30.8 Å². The average molecular weight is 265 g/mol. The van der Waals surface area contributed by atoms with Crippen LogP contribution in [0.25, 0.3) is 0 Å². The van der Waals surface area contributed by atoms with E-state index in [1.807, 2.05) is 0 Å². The second-order valence-corrected chi connectivity index (χ2v) is 4.85. The summed E-state index contributed by atoms with van der Waals surface area (Å²) in [5.74, 6) is -0.935. The maximum Gasteiger partial charge on any atom is 0.314 e. The van der Waals surface area contributed by atoms with Crippen LogP contribution in [0.2, 0.25) is 0 Å². The molecule has 0 radical (unpaired) electrons. The van der Waals surface area contributed by atoms with E-state index < -0.39 is 16.8 Å². The van der Waals surface area contributed by atoms with Crippen molar-refractivity contribution in [2.45, 2.75) is 13.8 Å². The Balaban J connectivity index is 2.16. The molecule has 1 aliphatic heterocycles. The lowest BCUT2D eigenvalue weighted by Gasteiger charge is -2.41. The summed E-state index contributed by atoms with van der Waals surface area (Å²) in [5, 5.41) is 20.0. The Hall–Kier alpha value is -2.18. The Labute approximate surface area is 110 Å². The number of rotatable bonds is 4. The maximum absolute atomic E-state index is 11.1. The Bertz CT molecular complexity index is 526. The highest BCUT2D eigenvalue weighted by Gasteiger charge is 2.38. The summed E-state index contributed by atoms with van der Waals surface area (Å²) in [7, 11) is 0. The molecule has 1 N–H and O–H groups in total. The first-order valence-corrected chi connectivity index (χ1v) is 5.99. The molecule has 0 aliphatic carbocycles. The van der Waals surface area contributed by atoms with Gasteiger partial charge in [-0.2, -0.15) is 0 Å². The first-order chi connectivity index (χ1) is 8.91. The molecule has 0 amide bonds. The van der Waals surface area contributed by atoms with E-state index in [1.54, 1.807) is 24.8 Å². The largest absolute Gasteiger partial charge is 0.481 e. The second-order valence-electron chi connectivity index (χ2n) is 4.85. The predicted molar refractivity (Wildman–Crippen MR) is 68.1 cm³/mol. The van der Waals surface area contributed by atoms with Crippen molar-refractivity contribution < 1.29 is 14.8 Å². The number of nitrogens with zero attached hydrogens (tertiary/aromatic N) is 3. The summed E-state index contributed by atoms with van der Waals surface area (Å²) in [6.07, 6.45) is 1.53. The third kappa shape index (κ3) is 2.35. The molecule has 7 heteroatoms. The molecule has 1 fully saturated rings. The smallest absolute Gasteiger partial charge is 0.314 e. The van der Waals surface area contributed by atoms with E-state index in [0.717, 1.165) is 0 Å². The van der Waals surface area contributed by atoms with E-state index in [0.29, 0.717) is 24.5 Å². The van der Waals surface area contributed by atoms with Crippen LogP contribution < -0.4 is 4.90 Å². The van der Waals surface area contributed by atoms with Crippen molar-refractivity contribution >= 4 is 17.5 Å². The molecule has 1 aromatic heterocycles. The third-order valence-electron chi connectivity index (χ3n) is 3.60. The highest BCUT2D eigenvalue weighted by Crippen LogP contribution is 2.35. The number of aliphatic carboxylic acids is 1. The fourth-order valence-corrected chi connectivity index (χ4v) is 2.20. The van der Waals surface area contributed by atoms with Gasteiger partial charge < -0.3 is 10.0 Å². The van der Waals surface area contributed by atoms with Gasteiger partial charge in [0.25, 0.3) is 0 Å². The zero-order valence-electron chi connectivity index (χ0n) is 10.7. The standard InChI is InChI=1S/C12H15N3O4/c1-7-3-4-13-11(10(7)15(18)19)14-5-9(6-14)8(2)12(16)17/h3-4,8-9H,5-6H2,1-2H3,(H,16,17). The molecular weight excluding hydrogens is 250 g/mol. The van der Waals surface area contributed by atoms with Gasteiger partial charge in [-0.3, -0.25) is 14.9 Å². The Morgan fingerprint density at radius 2 is 2.26 bits per heavy atom. The molecule has 1 atom stereocenters. The summed E-state index contributed by atoms with van der Waals surface area (Å²) in [6.45, 7) is 4.30. The summed E-state index contributed by atoms with van der Waals surface area (Å²) < 4.78 is 0. The van der Waals surface area contributed by atoms with Crippen LogP contribution in [0.5, 0.6) is 0 Å². The first-order valence-electron chi connectivity index (χ1n) is 5.99.